The van der Waals surface area contributed by atoms with Gasteiger partial charge in [0.2, 0.25) is 5.91 Å². The van der Waals surface area contributed by atoms with E-state index < -0.39 is 0 Å². The molecular formula is C36H56N4O2. The van der Waals surface area contributed by atoms with E-state index >= 15 is 0 Å². The highest BCUT2D eigenvalue weighted by Gasteiger charge is 2.29. The van der Waals surface area contributed by atoms with Crippen LogP contribution in [0.4, 0.5) is 0 Å². The summed E-state index contributed by atoms with van der Waals surface area (Å²) in [4.78, 5) is 32.2. The molecule has 2 rings (SSSR count). The van der Waals surface area contributed by atoms with Crippen molar-refractivity contribution in [2.45, 2.75) is 100 Å². The highest BCUT2D eigenvalue weighted by Crippen LogP contribution is 2.39. The van der Waals surface area contributed by atoms with E-state index in [1.807, 2.05) is 30.2 Å². The molecular weight excluding hydrogens is 520 g/mol. The highest BCUT2D eigenvalue weighted by molar-refractivity contribution is 6.05. The van der Waals surface area contributed by atoms with Crippen molar-refractivity contribution in [1.29, 1.82) is 0 Å². The second kappa shape index (κ2) is 17.1. The van der Waals surface area contributed by atoms with E-state index in [1.165, 1.54) is 0 Å². The van der Waals surface area contributed by atoms with Crippen LogP contribution in [0.1, 0.15) is 115 Å². The number of aryl methyl sites for hydroxylation is 1. The third kappa shape index (κ3) is 9.43. The standard InChI is InChI=1S/C36H56N4O2/c1-10-13-32-23-30(24-41)15-17-33(32)34(27(7)11-2)35-36(37)38-19-21-40(35)28(8)31(22-25(4)5)16-14-26(6)18-20-39(12-3)29(9)42/h15,17,19,21,23-27,31H,8,10-14,16,18,20,22H2,1-7,9H3,(H2,37,38)/b35-34+. The summed E-state index contributed by atoms with van der Waals surface area (Å²) in [5.74, 6) is 2.16. The average Bonchev–Trinajstić information content (AvgIpc) is 2.96. The first kappa shape index (κ1) is 35.0. The molecule has 2 N–H and O–H groups in total. The van der Waals surface area contributed by atoms with Crippen molar-refractivity contribution in [3.63, 3.8) is 0 Å². The molecule has 1 aromatic rings. The normalized spacial score (nSPS) is 16.6. The second-order valence-corrected chi connectivity index (χ2v) is 12.4. The van der Waals surface area contributed by atoms with Crippen LogP contribution >= 0.6 is 0 Å². The minimum absolute atomic E-state index is 0.145. The van der Waals surface area contributed by atoms with Crippen LogP contribution in [0.15, 0.2) is 53.6 Å². The molecule has 0 saturated heterocycles. The molecule has 0 saturated carbocycles. The molecule has 0 spiro atoms. The van der Waals surface area contributed by atoms with Crippen LogP contribution in [-0.4, -0.2) is 40.9 Å². The summed E-state index contributed by atoms with van der Waals surface area (Å²) >= 11 is 0. The van der Waals surface area contributed by atoms with Crippen molar-refractivity contribution >= 4 is 23.6 Å². The summed E-state index contributed by atoms with van der Waals surface area (Å²) in [6.07, 6.45) is 11.6. The Balaban J connectivity index is 2.51. The monoisotopic (exact) mass is 576 g/mol. The fourth-order valence-electron chi connectivity index (χ4n) is 5.93. The number of aldehydes is 1. The third-order valence-electron chi connectivity index (χ3n) is 8.61. The van der Waals surface area contributed by atoms with Crippen LogP contribution in [0, 0.1) is 23.7 Å². The van der Waals surface area contributed by atoms with Crippen LogP contribution in [0.5, 0.6) is 0 Å². The number of aliphatic imine (C=N–C) groups is 1. The van der Waals surface area contributed by atoms with E-state index in [0.717, 1.165) is 92.4 Å². The lowest BCUT2D eigenvalue weighted by atomic mass is 9.83. The number of amides is 1. The molecule has 3 unspecified atom stereocenters. The summed E-state index contributed by atoms with van der Waals surface area (Å²) in [7, 11) is 0. The Kier molecular flexibility index (Phi) is 14.3. The van der Waals surface area contributed by atoms with Crippen LogP contribution in [-0.2, 0) is 11.2 Å². The second-order valence-electron chi connectivity index (χ2n) is 12.4. The lowest BCUT2D eigenvalue weighted by Gasteiger charge is -2.36. The Morgan fingerprint density at radius 1 is 1.12 bits per heavy atom. The molecule has 6 nitrogen and oxygen atoms in total. The lowest BCUT2D eigenvalue weighted by Crippen LogP contribution is -2.34. The van der Waals surface area contributed by atoms with Gasteiger partial charge in [0.1, 0.15) is 12.1 Å². The fourth-order valence-corrected chi connectivity index (χ4v) is 5.93. The van der Waals surface area contributed by atoms with Gasteiger partial charge in [-0.3, -0.25) is 9.59 Å². The molecule has 1 heterocycles. The topological polar surface area (TPSA) is 79.0 Å². The summed E-state index contributed by atoms with van der Waals surface area (Å²) in [5, 5.41) is 0. The van der Waals surface area contributed by atoms with Gasteiger partial charge >= 0.3 is 0 Å². The van der Waals surface area contributed by atoms with Crippen LogP contribution < -0.4 is 5.73 Å². The summed E-state index contributed by atoms with van der Waals surface area (Å²) in [6, 6.07) is 6.02. The van der Waals surface area contributed by atoms with Gasteiger partial charge in [0.15, 0.2) is 0 Å². The first-order chi connectivity index (χ1) is 20.0. The maximum Gasteiger partial charge on any atom is 0.219 e. The number of carbonyl (C=O) groups excluding carboxylic acids is 2. The molecule has 3 atom stereocenters. The van der Waals surface area contributed by atoms with Gasteiger partial charge in [-0.1, -0.05) is 73.1 Å². The minimum Gasteiger partial charge on any atom is -0.382 e. The minimum atomic E-state index is 0.145. The molecule has 0 aromatic heterocycles. The van der Waals surface area contributed by atoms with E-state index in [9.17, 15) is 9.59 Å². The van der Waals surface area contributed by atoms with Gasteiger partial charge in [0.25, 0.3) is 0 Å². The zero-order valence-corrected chi connectivity index (χ0v) is 27.6. The lowest BCUT2D eigenvalue weighted by molar-refractivity contribution is -0.128. The number of hydrogen-bond acceptors (Lipinski definition) is 5. The predicted octanol–water partition coefficient (Wildman–Crippen LogP) is 8.20. The molecule has 42 heavy (non-hydrogen) atoms. The van der Waals surface area contributed by atoms with Crippen molar-refractivity contribution in [1.82, 2.24) is 9.80 Å². The molecule has 0 fully saturated rings. The van der Waals surface area contributed by atoms with Gasteiger partial charge in [0.05, 0.1) is 5.70 Å². The summed E-state index contributed by atoms with van der Waals surface area (Å²) in [5.41, 5.74) is 12.8. The summed E-state index contributed by atoms with van der Waals surface area (Å²) in [6.45, 7) is 23.4. The van der Waals surface area contributed by atoms with Crippen molar-refractivity contribution < 1.29 is 9.59 Å². The van der Waals surface area contributed by atoms with Crippen molar-refractivity contribution in [2.24, 2.45) is 34.4 Å². The number of nitrogens with two attached hydrogens (primary N) is 1. The van der Waals surface area contributed by atoms with Crippen molar-refractivity contribution in [3.05, 3.63) is 65.3 Å². The van der Waals surface area contributed by atoms with Gasteiger partial charge in [-0.05, 0) is 85.5 Å². The maximum absolute atomic E-state index is 11.9. The number of hydrogen-bond donors (Lipinski definition) is 1. The van der Waals surface area contributed by atoms with Gasteiger partial charge in [-0.15, -0.1) is 0 Å². The Hall–Kier alpha value is -3.15. The molecule has 1 aliphatic rings. The first-order valence-corrected chi connectivity index (χ1v) is 16.0. The number of nitrogens with zero attached hydrogens (tertiary/aromatic N) is 3. The smallest absolute Gasteiger partial charge is 0.219 e. The van der Waals surface area contributed by atoms with Gasteiger partial charge in [-0.25, -0.2) is 4.99 Å². The fraction of sp³-hybridized carbons (Fsp3) is 0.583. The number of carbonyl (C=O) groups is 2. The largest absolute Gasteiger partial charge is 0.382 e. The molecule has 232 valence electrons. The molecule has 6 heteroatoms. The van der Waals surface area contributed by atoms with Crippen LogP contribution in [0.2, 0.25) is 0 Å². The molecule has 0 radical (unpaired) electrons. The molecule has 0 bridgehead atoms. The zero-order chi connectivity index (χ0) is 31.4. The van der Waals surface area contributed by atoms with E-state index in [1.54, 1.807) is 13.1 Å². The third-order valence-corrected chi connectivity index (χ3v) is 8.61. The van der Waals surface area contributed by atoms with Crippen LogP contribution in [0.25, 0.3) is 5.57 Å². The highest BCUT2D eigenvalue weighted by atomic mass is 16.2. The van der Waals surface area contributed by atoms with Crippen molar-refractivity contribution in [3.8, 4) is 0 Å². The molecule has 0 aliphatic carbocycles. The number of amidine groups is 1. The first-order valence-electron chi connectivity index (χ1n) is 16.0. The average molecular weight is 577 g/mol. The van der Waals surface area contributed by atoms with E-state index in [4.69, 9.17) is 5.73 Å². The van der Waals surface area contributed by atoms with E-state index in [2.05, 4.69) is 64.1 Å². The maximum atomic E-state index is 11.9. The quantitative estimate of drug-likeness (QED) is 0.190. The Morgan fingerprint density at radius 3 is 2.40 bits per heavy atom. The number of benzene rings is 1. The SMILES string of the molecule is C=C(C(CCC(C)CCN(CC)C(C)=O)CC(C)C)N1C=CN=C(N)/C1=C(\c1ccc(C=O)cc1CCC)C(C)CC. The molecule has 1 amide bonds. The molecule has 1 aliphatic heterocycles. The molecule has 1 aromatic carbocycles. The number of allylic oxidation sites excluding steroid dienone is 2. The van der Waals surface area contributed by atoms with E-state index in [0.29, 0.717) is 23.2 Å². The van der Waals surface area contributed by atoms with Gasteiger partial charge < -0.3 is 15.5 Å². The predicted molar refractivity (Wildman–Crippen MR) is 178 cm³/mol. The summed E-state index contributed by atoms with van der Waals surface area (Å²) < 4.78 is 0. The Morgan fingerprint density at radius 2 is 1.83 bits per heavy atom. The zero-order valence-electron chi connectivity index (χ0n) is 27.6. The van der Waals surface area contributed by atoms with Crippen LogP contribution in [0.3, 0.4) is 0 Å². The number of rotatable bonds is 17. The van der Waals surface area contributed by atoms with Gasteiger partial charge in [-0.2, -0.15) is 0 Å². The van der Waals surface area contributed by atoms with E-state index in [-0.39, 0.29) is 17.7 Å². The Labute approximate surface area is 255 Å². The Bertz CT molecular complexity index is 1160. The van der Waals surface area contributed by atoms with Crippen molar-refractivity contribution in [2.75, 3.05) is 13.1 Å². The van der Waals surface area contributed by atoms with Gasteiger partial charge in [0, 0.05) is 43.7 Å².